The summed E-state index contributed by atoms with van der Waals surface area (Å²) in [5.41, 5.74) is 0.471. The molecular formula is C9H7FO2. The molecule has 0 atom stereocenters. The predicted octanol–water partition coefficient (Wildman–Crippen LogP) is 2.06. The summed E-state index contributed by atoms with van der Waals surface area (Å²) >= 11 is 0. The Labute approximate surface area is 68.2 Å². The van der Waals surface area contributed by atoms with E-state index < -0.39 is 0 Å². The molecule has 0 aliphatic carbocycles. The second kappa shape index (κ2) is 2.60. The van der Waals surface area contributed by atoms with Gasteiger partial charge in [-0.15, -0.1) is 0 Å². The second-order valence-corrected chi connectivity index (χ2v) is 2.52. The van der Waals surface area contributed by atoms with Crippen molar-refractivity contribution in [1.82, 2.24) is 0 Å². The molecule has 12 heavy (non-hydrogen) atoms. The summed E-state index contributed by atoms with van der Waals surface area (Å²) in [6, 6.07) is 6.10. The van der Waals surface area contributed by atoms with Crippen molar-refractivity contribution < 1.29 is 13.9 Å². The second-order valence-electron chi connectivity index (χ2n) is 2.52. The smallest absolute Gasteiger partial charge is 0.137 e. The molecule has 0 saturated carbocycles. The molecule has 0 aliphatic heterocycles. The normalized spacial score (nSPS) is 10.8. The van der Waals surface area contributed by atoms with Crippen LogP contribution in [-0.4, -0.2) is 5.11 Å². The summed E-state index contributed by atoms with van der Waals surface area (Å²) in [4.78, 5) is 0. The number of aliphatic hydroxyl groups excluding tert-OH is 1. The van der Waals surface area contributed by atoms with Crippen molar-refractivity contribution in [1.29, 1.82) is 0 Å². The van der Waals surface area contributed by atoms with Crippen LogP contribution in [0.1, 0.15) is 5.76 Å². The minimum Gasteiger partial charge on any atom is -0.459 e. The van der Waals surface area contributed by atoms with Gasteiger partial charge < -0.3 is 9.52 Å². The SMILES string of the molecule is OCc1cc2c(F)cccc2o1. The minimum atomic E-state index is -0.323. The highest BCUT2D eigenvalue weighted by Gasteiger charge is 2.05. The molecule has 0 aliphatic rings. The van der Waals surface area contributed by atoms with Gasteiger partial charge in [0.25, 0.3) is 0 Å². The maximum atomic E-state index is 13.0. The highest BCUT2D eigenvalue weighted by molar-refractivity contribution is 5.78. The summed E-state index contributed by atoms with van der Waals surface area (Å²) in [6.07, 6.45) is 0. The number of rotatable bonds is 1. The van der Waals surface area contributed by atoms with E-state index in [2.05, 4.69) is 0 Å². The van der Waals surface area contributed by atoms with Gasteiger partial charge >= 0.3 is 0 Å². The Kier molecular flexibility index (Phi) is 1.59. The van der Waals surface area contributed by atoms with E-state index in [4.69, 9.17) is 9.52 Å². The Morgan fingerprint density at radius 2 is 2.25 bits per heavy atom. The third-order valence-corrected chi connectivity index (χ3v) is 1.72. The molecule has 62 valence electrons. The molecule has 1 heterocycles. The van der Waals surface area contributed by atoms with E-state index in [0.717, 1.165) is 0 Å². The number of aliphatic hydroxyl groups is 1. The third-order valence-electron chi connectivity index (χ3n) is 1.72. The first-order valence-corrected chi connectivity index (χ1v) is 3.59. The Hall–Kier alpha value is -1.35. The molecule has 2 nitrogen and oxygen atoms in total. The van der Waals surface area contributed by atoms with Gasteiger partial charge in [0.2, 0.25) is 0 Å². The van der Waals surface area contributed by atoms with Gasteiger partial charge in [-0.2, -0.15) is 0 Å². The van der Waals surface area contributed by atoms with E-state index in [-0.39, 0.29) is 12.4 Å². The highest BCUT2D eigenvalue weighted by atomic mass is 19.1. The van der Waals surface area contributed by atoms with Gasteiger partial charge in [0.1, 0.15) is 23.8 Å². The van der Waals surface area contributed by atoms with Crippen LogP contribution in [0.5, 0.6) is 0 Å². The minimum absolute atomic E-state index is 0.200. The first-order valence-electron chi connectivity index (χ1n) is 3.59. The number of furan rings is 1. The molecule has 0 spiro atoms. The van der Waals surface area contributed by atoms with Crippen molar-refractivity contribution in [3.63, 3.8) is 0 Å². The van der Waals surface area contributed by atoms with Gasteiger partial charge in [0.15, 0.2) is 0 Å². The van der Waals surface area contributed by atoms with Crippen molar-refractivity contribution in [2.24, 2.45) is 0 Å². The number of halogens is 1. The summed E-state index contributed by atoms with van der Waals surface area (Å²) < 4.78 is 18.1. The monoisotopic (exact) mass is 166 g/mol. The van der Waals surface area contributed by atoms with E-state index in [1.807, 2.05) is 0 Å². The van der Waals surface area contributed by atoms with Crippen molar-refractivity contribution in [3.8, 4) is 0 Å². The van der Waals surface area contributed by atoms with E-state index in [9.17, 15) is 4.39 Å². The highest BCUT2D eigenvalue weighted by Crippen LogP contribution is 2.21. The number of hydrogen-bond donors (Lipinski definition) is 1. The molecule has 0 amide bonds. The standard InChI is InChI=1S/C9H7FO2/c10-8-2-1-3-9-7(8)4-6(5-11)12-9/h1-4,11H,5H2. The molecule has 2 rings (SSSR count). The number of fused-ring (bicyclic) bond motifs is 1. The fraction of sp³-hybridized carbons (Fsp3) is 0.111. The lowest BCUT2D eigenvalue weighted by Gasteiger charge is -1.87. The van der Waals surface area contributed by atoms with Crippen LogP contribution in [0.25, 0.3) is 11.0 Å². The topological polar surface area (TPSA) is 33.4 Å². The average Bonchev–Trinajstić information content (AvgIpc) is 2.49. The Balaban J connectivity index is 2.74. The molecule has 1 N–H and O–H groups in total. The molecule has 1 aromatic heterocycles. The molecule has 0 bridgehead atoms. The molecular weight excluding hydrogens is 159 g/mol. The van der Waals surface area contributed by atoms with Crippen LogP contribution in [0.2, 0.25) is 0 Å². The Bertz CT molecular complexity index is 406. The maximum Gasteiger partial charge on any atom is 0.137 e. The van der Waals surface area contributed by atoms with Crippen LogP contribution in [0.15, 0.2) is 28.7 Å². The first-order chi connectivity index (χ1) is 5.81. The number of benzene rings is 1. The van der Waals surface area contributed by atoms with Gasteiger partial charge in [-0.05, 0) is 18.2 Å². The molecule has 1 aromatic carbocycles. The molecule has 0 unspecified atom stereocenters. The summed E-state index contributed by atoms with van der Waals surface area (Å²) in [6.45, 7) is -0.200. The maximum absolute atomic E-state index is 13.0. The quantitative estimate of drug-likeness (QED) is 0.703. The van der Waals surface area contributed by atoms with E-state index in [1.54, 1.807) is 12.1 Å². The molecule has 0 radical (unpaired) electrons. The van der Waals surface area contributed by atoms with E-state index >= 15 is 0 Å². The predicted molar refractivity (Wildman–Crippen MR) is 42.1 cm³/mol. The van der Waals surface area contributed by atoms with E-state index in [0.29, 0.717) is 16.7 Å². The van der Waals surface area contributed by atoms with Crippen LogP contribution >= 0.6 is 0 Å². The Morgan fingerprint density at radius 3 is 2.92 bits per heavy atom. The zero-order valence-electron chi connectivity index (χ0n) is 6.25. The first kappa shape index (κ1) is 7.31. The van der Waals surface area contributed by atoms with Crippen LogP contribution in [0.3, 0.4) is 0 Å². The zero-order valence-corrected chi connectivity index (χ0v) is 6.25. The van der Waals surface area contributed by atoms with Crippen LogP contribution in [0.4, 0.5) is 4.39 Å². The van der Waals surface area contributed by atoms with Gasteiger partial charge in [0, 0.05) is 0 Å². The molecule has 0 fully saturated rings. The van der Waals surface area contributed by atoms with Gasteiger partial charge in [0.05, 0.1) is 5.39 Å². The summed E-state index contributed by atoms with van der Waals surface area (Å²) in [5.74, 6) is 0.0612. The van der Waals surface area contributed by atoms with Crippen LogP contribution < -0.4 is 0 Å². The third kappa shape index (κ3) is 0.987. The fourth-order valence-corrected chi connectivity index (χ4v) is 1.16. The molecule has 2 aromatic rings. The summed E-state index contributed by atoms with van der Waals surface area (Å²) in [5, 5.41) is 9.13. The lowest BCUT2D eigenvalue weighted by atomic mass is 10.2. The lowest BCUT2D eigenvalue weighted by Crippen LogP contribution is -1.73. The molecule has 0 saturated heterocycles. The van der Waals surface area contributed by atoms with Crippen LogP contribution in [0, 0.1) is 5.82 Å². The van der Waals surface area contributed by atoms with Crippen molar-refractivity contribution >= 4 is 11.0 Å². The van der Waals surface area contributed by atoms with E-state index in [1.165, 1.54) is 12.1 Å². The fourth-order valence-electron chi connectivity index (χ4n) is 1.16. The van der Waals surface area contributed by atoms with Crippen LogP contribution in [-0.2, 0) is 6.61 Å². The lowest BCUT2D eigenvalue weighted by molar-refractivity contribution is 0.251. The molecule has 3 heteroatoms. The summed E-state index contributed by atoms with van der Waals surface area (Å²) in [7, 11) is 0. The van der Waals surface area contributed by atoms with Crippen molar-refractivity contribution in [2.45, 2.75) is 6.61 Å². The van der Waals surface area contributed by atoms with Gasteiger partial charge in [-0.1, -0.05) is 6.07 Å². The largest absolute Gasteiger partial charge is 0.459 e. The van der Waals surface area contributed by atoms with Crippen molar-refractivity contribution in [2.75, 3.05) is 0 Å². The van der Waals surface area contributed by atoms with Gasteiger partial charge in [-0.3, -0.25) is 0 Å². The van der Waals surface area contributed by atoms with Crippen molar-refractivity contribution in [3.05, 3.63) is 35.8 Å². The zero-order chi connectivity index (χ0) is 8.55. The van der Waals surface area contributed by atoms with Gasteiger partial charge in [-0.25, -0.2) is 4.39 Å². The Morgan fingerprint density at radius 1 is 1.42 bits per heavy atom. The number of hydrogen-bond acceptors (Lipinski definition) is 2. The average molecular weight is 166 g/mol.